The third-order valence-electron chi connectivity index (χ3n) is 8.17. The molecule has 198 valence electrons. The molecule has 7 rings (SSSR count). The van der Waals surface area contributed by atoms with Crippen LogP contribution in [0, 0.1) is 0 Å². The number of hydrogen-bond donors (Lipinski definition) is 0. The molecule has 0 amide bonds. The normalized spacial score (nSPS) is 17.5. The number of pyridine rings is 1. The number of fused-ring (bicyclic) bond motifs is 2. The highest BCUT2D eigenvalue weighted by Crippen LogP contribution is 2.32. The zero-order chi connectivity index (χ0) is 26.3. The molecule has 0 aliphatic carbocycles. The van der Waals surface area contributed by atoms with E-state index in [1.165, 1.54) is 50.1 Å². The number of nitrogens with zero attached hydrogens (tertiary/aromatic N) is 5. The van der Waals surface area contributed by atoms with Gasteiger partial charge in [-0.1, -0.05) is 29.8 Å². The van der Waals surface area contributed by atoms with Gasteiger partial charge < -0.3 is 4.90 Å². The largest absolute Gasteiger partial charge is 0.300 e. The lowest BCUT2D eigenvalue weighted by Gasteiger charge is -2.36. The maximum Gasteiger partial charge on any atom is 0.275 e. The van der Waals surface area contributed by atoms with Crippen LogP contribution in [0.3, 0.4) is 0 Å². The van der Waals surface area contributed by atoms with E-state index in [0.717, 1.165) is 58.4 Å². The molecule has 2 saturated heterocycles. The minimum absolute atomic E-state index is 0.0634. The highest BCUT2D eigenvalue weighted by Gasteiger charge is 2.26. The predicted molar refractivity (Wildman–Crippen MR) is 160 cm³/mol. The Bertz CT molecular complexity index is 1700. The van der Waals surface area contributed by atoms with Gasteiger partial charge in [-0.3, -0.25) is 19.2 Å². The summed E-state index contributed by atoms with van der Waals surface area (Å²) in [5.74, 6) is 0. The summed E-state index contributed by atoms with van der Waals surface area (Å²) in [5.41, 5.74) is 4.52. The van der Waals surface area contributed by atoms with E-state index in [4.69, 9.17) is 16.6 Å². The van der Waals surface area contributed by atoms with E-state index >= 15 is 0 Å². The van der Waals surface area contributed by atoms with E-state index in [9.17, 15) is 4.79 Å². The Morgan fingerprint density at radius 1 is 0.897 bits per heavy atom. The molecule has 0 spiro atoms. The molecule has 5 aromatic rings. The zero-order valence-electron chi connectivity index (χ0n) is 21.7. The van der Waals surface area contributed by atoms with Crippen LogP contribution < -0.4 is 5.56 Å². The van der Waals surface area contributed by atoms with Crippen LogP contribution in [-0.2, 0) is 6.54 Å². The molecule has 2 fully saturated rings. The van der Waals surface area contributed by atoms with Gasteiger partial charge in [-0.05, 0) is 86.8 Å². The molecule has 0 saturated carbocycles. The summed E-state index contributed by atoms with van der Waals surface area (Å²) >= 11 is 7.50. The number of hydrogen-bond acceptors (Lipinski definition) is 6. The van der Waals surface area contributed by atoms with Crippen molar-refractivity contribution in [2.45, 2.75) is 38.3 Å². The first-order valence-electron chi connectivity index (χ1n) is 13.7. The minimum Gasteiger partial charge on any atom is -0.300 e. The third kappa shape index (κ3) is 5.00. The summed E-state index contributed by atoms with van der Waals surface area (Å²) in [6, 6.07) is 20.6. The summed E-state index contributed by atoms with van der Waals surface area (Å²) in [6.07, 6.45) is 6.87. The van der Waals surface area contributed by atoms with Crippen LogP contribution in [0.25, 0.3) is 37.2 Å². The first kappa shape index (κ1) is 24.9. The van der Waals surface area contributed by atoms with Crippen LogP contribution >= 0.6 is 22.9 Å². The van der Waals surface area contributed by atoms with Crippen LogP contribution in [0.1, 0.15) is 31.4 Å². The molecular formula is C31H30ClN5OS. The molecule has 0 radical (unpaired) electrons. The SMILES string of the molecule is O=c1c2sc(-c3ccc(Cl)cc3)cc2ncn1-c1ccc2nc(CN3CCC(N4CCCC4)CC3)ccc2c1. The molecule has 3 aromatic heterocycles. The molecule has 2 aliphatic rings. The number of piperidine rings is 1. The molecule has 2 aromatic carbocycles. The molecule has 5 heterocycles. The Morgan fingerprint density at radius 2 is 1.69 bits per heavy atom. The van der Waals surface area contributed by atoms with Gasteiger partial charge in [0.25, 0.3) is 5.56 Å². The Kier molecular flexibility index (Phi) is 6.68. The maximum absolute atomic E-state index is 13.4. The predicted octanol–water partition coefficient (Wildman–Crippen LogP) is 6.38. The van der Waals surface area contributed by atoms with Gasteiger partial charge in [-0.2, -0.15) is 0 Å². The maximum atomic E-state index is 13.4. The molecule has 2 aliphatic heterocycles. The Morgan fingerprint density at radius 3 is 2.49 bits per heavy atom. The first-order valence-corrected chi connectivity index (χ1v) is 14.9. The van der Waals surface area contributed by atoms with Crippen LogP contribution in [-0.4, -0.2) is 56.6 Å². The second-order valence-corrected chi connectivity index (χ2v) is 12.2. The lowest BCUT2D eigenvalue weighted by Crippen LogP contribution is -2.43. The average molecular weight is 556 g/mol. The molecule has 0 unspecified atom stereocenters. The lowest BCUT2D eigenvalue weighted by atomic mass is 10.0. The first-order chi connectivity index (χ1) is 19.1. The van der Waals surface area contributed by atoms with Crippen molar-refractivity contribution in [2.75, 3.05) is 26.2 Å². The van der Waals surface area contributed by atoms with Crippen molar-refractivity contribution >= 4 is 44.1 Å². The fourth-order valence-electron chi connectivity index (χ4n) is 6.02. The molecule has 0 bridgehead atoms. The molecule has 6 nitrogen and oxygen atoms in total. The van der Waals surface area contributed by atoms with E-state index in [-0.39, 0.29) is 5.56 Å². The number of rotatable bonds is 5. The van der Waals surface area contributed by atoms with E-state index in [2.05, 4.69) is 26.9 Å². The monoisotopic (exact) mass is 555 g/mol. The van der Waals surface area contributed by atoms with Crippen LogP contribution in [0.5, 0.6) is 0 Å². The summed E-state index contributed by atoms with van der Waals surface area (Å²) in [4.78, 5) is 29.2. The van der Waals surface area contributed by atoms with Gasteiger partial charge in [0, 0.05) is 41.0 Å². The van der Waals surface area contributed by atoms with Crippen molar-refractivity contribution in [3.8, 4) is 16.1 Å². The standard InChI is InChI=1S/C31H30ClN5OS/c32-23-6-3-21(4-7-23)29-18-28-30(39-29)31(38)37(20-33-28)26-9-10-27-22(17-26)5-8-24(34-27)19-35-15-11-25(12-16-35)36-13-1-2-14-36/h3-10,17-18,20,25H,1-2,11-16,19H2. The molecule has 0 atom stereocenters. The zero-order valence-corrected chi connectivity index (χ0v) is 23.3. The quantitative estimate of drug-likeness (QED) is 0.252. The van der Waals surface area contributed by atoms with Crippen molar-refractivity contribution in [1.29, 1.82) is 0 Å². The van der Waals surface area contributed by atoms with E-state index < -0.39 is 0 Å². The fourth-order valence-corrected chi connectivity index (χ4v) is 7.20. The number of benzene rings is 2. The Hall–Kier alpha value is -3.10. The van der Waals surface area contributed by atoms with Crippen molar-refractivity contribution < 1.29 is 0 Å². The second-order valence-electron chi connectivity index (χ2n) is 10.7. The van der Waals surface area contributed by atoms with Crippen molar-refractivity contribution in [3.05, 3.63) is 88.1 Å². The van der Waals surface area contributed by atoms with Crippen molar-refractivity contribution in [3.63, 3.8) is 0 Å². The van der Waals surface area contributed by atoms with Crippen molar-refractivity contribution in [2.24, 2.45) is 0 Å². The van der Waals surface area contributed by atoms with Gasteiger partial charge in [-0.15, -0.1) is 11.3 Å². The molecular weight excluding hydrogens is 526 g/mol. The summed E-state index contributed by atoms with van der Waals surface area (Å²) in [5, 5.41) is 1.71. The number of halogens is 1. The third-order valence-corrected chi connectivity index (χ3v) is 9.59. The van der Waals surface area contributed by atoms with Gasteiger partial charge in [0.2, 0.25) is 0 Å². The van der Waals surface area contributed by atoms with E-state index in [0.29, 0.717) is 15.2 Å². The van der Waals surface area contributed by atoms with Gasteiger partial charge in [-0.25, -0.2) is 4.98 Å². The average Bonchev–Trinajstić information content (AvgIpc) is 3.65. The summed E-state index contributed by atoms with van der Waals surface area (Å²) < 4.78 is 2.27. The lowest BCUT2D eigenvalue weighted by molar-refractivity contribution is 0.122. The summed E-state index contributed by atoms with van der Waals surface area (Å²) in [6.45, 7) is 5.74. The smallest absolute Gasteiger partial charge is 0.275 e. The minimum atomic E-state index is -0.0634. The highest BCUT2D eigenvalue weighted by atomic mass is 35.5. The van der Waals surface area contributed by atoms with E-state index in [1.54, 1.807) is 10.9 Å². The van der Waals surface area contributed by atoms with Gasteiger partial charge in [0.15, 0.2) is 0 Å². The van der Waals surface area contributed by atoms with Crippen molar-refractivity contribution in [1.82, 2.24) is 24.3 Å². The Labute approximate surface area is 236 Å². The molecule has 39 heavy (non-hydrogen) atoms. The van der Waals surface area contributed by atoms with Crippen LogP contribution in [0.15, 0.2) is 71.8 Å². The summed E-state index contributed by atoms with van der Waals surface area (Å²) in [7, 11) is 0. The van der Waals surface area contributed by atoms with Gasteiger partial charge in [0.05, 0.1) is 22.4 Å². The Balaban J connectivity index is 1.10. The fraction of sp³-hybridized carbons (Fsp3) is 0.323. The van der Waals surface area contributed by atoms with Crippen LogP contribution in [0.4, 0.5) is 0 Å². The molecule has 0 N–H and O–H groups in total. The van der Waals surface area contributed by atoms with E-state index in [1.807, 2.05) is 48.5 Å². The number of thiophene rings is 1. The van der Waals surface area contributed by atoms with Crippen LogP contribution in [0.2, 0.25) is 5.02 Å². The number of aromatic nitrogens is 3. The second kappa shape index (κ2) is 10.5. The molecule has 8 heteroatoms. The number of likely N-dealkylation sites (tertiary alicyclic amines) is 2. The van der Waals surface area contributed by atoms with Gasteiger partial charge in [0.1, 0.15) is 11.0 Å². The highest BCUT2D eigenvalue weighted by molar-refractivity contribution is 7.22. The van der Waals surface area contributed by atoms with Gasteiger partial charge >= 0.3 is 0 Å². The topological polar surface area (TPSA) is 54.3 Å².